The van der Waals surface area contributed by atoms with E-state index >= 15 is 0 Å². The Morgan fingerprint density at radius 1 is 1.14 bits per heavy atom. The van der Waals surface area contributed by atoms with E-state index in [9.17, 15) is 4.79 Å². The molecule has 36 heavy (non-hydrogen) atoms. The Bertz CT molecular complexity index is 1150. The van der Waals surface area contributed by atoms with E-state index < -0.39 is 18.4 Å². The molecule has 0 spiro atoms. The molecule has 0 aliphatic rings. The molecule has 0 aliphatic carbocycles. The van der Waals surface area contributed by atoms with Crippen LogP contribution in [-0.4, -0.2) is 50.8 Å². The molecule has 10 heteroatoms. The number of thiazole rings is 1. The van der Waals surface area contributed by atoms with E-state index in [4.69, 9.17) is 5.53 Å². The summed E-state index contributed by atoms with van der Waals surface area (Å²) < 4.78 is 7.94. The molecule has 0 unspecified atom stereocenters. The van der Waals surface area contributed by atoms with Gasteiger partial charge in [0, 0.05) is 4.91 Å². The number of aromatic nitrogens is 3. The van der Waals surface area contributed by atoms with Crippen molar-refractivity contribution in [2.75, 3.05) is 12.3 Å². The van der Waals surface area contributed by atoms with Gasteiger partial charge >= 0.3 is 213 Å². The molecule has 3 aromatic heterocycles. The van der Waals surface area contributed by atoms with E-state index in [1.165, 1.54) is 51.8 Å². The molecule has 0 saturated carbocycles. The Labute approximate surface area is 227 Å². The summed E-state index contributed by atoms with van der Waals surface area (Å²) in [6.45, 7) is 7.37. The van der Waals surface area contributed by atoms with E-state index in [1.807, 2.05) is 23.7 Å². The summed E-state index contributed by atoms with van der Waals surface area (Å²) in [7, 11) is 0. The van der Waals surface area contributed by atoms with Crippen molar-refractivity contribution < 1.29 is 4.79 Å². The van der Waals surface area contributed by atoms with Crippen molar-refractivity contribution in [2.45, 2.75) is 78.4 Å². The third-order valence-corrected chi connectivity index (χ3v) is 27.0. The first-order chi connectivity index (χ1) is 17.6. The first-order valence-electron chi connectivity index (χ1n) is 13.1. The molecule has 0 radical (unpaired) electrons. The van der Waals surface area contributed by atoms with Gasteiger partial charge in [-0.3, -0.25) is 0 Å². The van der Waals surface area contributed by atoms with Crippen LogP contribution in [0.25, 0.3) is 15.3 Å². The topological polar surface area (TPSA) is 96.0 Å². The molecule has 194 valence electrons. The number of hydrogen-bond acceptors (Lipinski definition) is 6. The van der Waals surface area contributed by atoms with E-state index in [-0.39, 0.29) is 5.78 Å². The Hall–Kier alpha value is -1.55. The Balaban J connectivity index is 1.87. The number of rotatable bonds is 17. The predicted molar refractivity (Wildman–Crippen MR) is 155 cm³/mol. The summed E-state index contributed by atoms with van der Waals surface area (Å²) in [6.07, 6.45) is 15.3. The van der Waals surface area contributed by atoms with Crippen LogP contribution in [0.2, 0.25) is 13.3 Å². The van der Waals surface area contributed by atoms with Crippen LogP contribution in [0.1, 0.15) is 80.9 Å². The van der Waals surface area contributed by atoms with Gasteiger partial charge < -0.3 is 0 Å². The van der Waals surface area contributed by atoms with E-state index in [2.05, 4.69) is 51.4 Å². The number of carbonyl (C=O) groups excluding carboxylic acids is 1. The summed E-state index contributed by atoms with van der Waals surface area (Å²) >= 11 is 0.941. The fourth-order valence-electron chi connectivity index (χ4n) is 4.66. The van der Waals surface area contributed by atoms with Crippen LogP contribution in [0.4, 0.5) is 0 Å². The van der Waals surface area contributed by atoms with Gasteiger partial charge in [-0.2, -0.15) is 0 Å². The quantitative estimate of drug-likeness (QED) is 0.0382. The maximum absolute atomic E-state index is 13.5. The number of ketones is 1. The minimum atomic E-state index is -2.57. The predicted octanol–water partition coefficient (Wildman–Crippen LogP) is 7.62. The van der Waals surface area contributed by atoms with Crippen molar-refractivity contribution in [2.24, 2.45) is 5.11 Å². The van der Waals surface area contributed by atoms with Gasteiger partial charge in [0.2, 0.25) is 0 Å². The van der Waals surface area contributed by atoms with Crippen LogP contribution < -0.4 is 2.89 Å². The Morgan fingerprint density at radius 2 is 1.83 bits per heavy atom. The fourth-order valence-corrected chi connectivity index (χ4v) is 25.4. The third-order valence-electron chi connectivity index (χ3n) is 6.70. The molecular formula is C26H38N6OS2Sn. The molecule has 0 N–H and O–H groups in total. The van der Waals surface area contributed by atoms with Crippen molar-refractivity contribution >= 4 is 55.0 Å². The summed E-state index contributed by atoms with van der Waals surface area (Å²) in [5, 5.41) is 3.56. The van der Waals surface area contributed by atoms with Crippen molar-refractivity contribution in [3.05, 3.63) is 58.2 Å². The number of hydrogen-bond donors (Lipinski definition) is 0. The zero-order chi connectivity index (χ0) is 25.8. The van der Waals surface area contributed by atoms with E-state index in [1.54, 1.807) is 27.0 Å². The molecule has 7 nitrogen and oxygen atoms in total. The molecule has 0 fully saturated rings. The average molecular weight is 633 g/mol. The average Bonchev–Trinajstić information content (AvgIpc) is 3.50. The second-order valence-electron chi connectivity index (χ2n) is 9.41. The van der Waals surface area contributed by atoms with Gasteiger partial charge in [-0.1, -0.05) is 5.11 Å². The Kier molecular flexibility index (Phi) is 12.1. The maximum atomic E-state index is 13.5. The van der Waals surface area contributed by atoms with Crippen molar-refractivity contribution in [3.63, 3.8) is 0 Å². The van der Waals surface area contributed by atoms with Crippen LogP contribution in [0.15, 0.2) is 36.1 Å². The molecule has 0 atom stereocenters. The zero-order valence-electron chi connectivity index (χ0n) is 21.8. The summed E-state index contributed by atoms with van der Waals surface area (Å²) in [6, 6.07) is 1.92. The van der Waals surface area contributed by atoms with Crippen molar-refractivity contribution in [1.29, 1.82) is 0 Å². The second kappa shape index (κ2) is 15.0. The molecular weight excluding hydrogens is 595 g/mol. The van der Waals surface area contributed by atoms with Crippen LogP contribution in [0, 0.1) is 0 Å². The van der Waals surface area contributed by atoms with Gasteiger partial charge in [-0.15, -0.1) is 0 Å². The van der Waals surface area contributed by atoms with Gasteiger partial charge in [0.05, 0.1) is 0 Å². The number of imidazole rings is 1. The first-order valence-corrected chi connectivity index (χ1v) is 22.6. The summed E-state index contributed by atoms with van der Waals surface area (Å²) in [5.41, 5.74) is 10.5. The fraction of sp³-hybridized carbons (Fsp3) is 0.577. The summed E-state index contributed by atoms with van der Waals surface area (Å²) in [5.74, 6) is 1.40. The van der Waals surface area contributed by atoms with E-state index in [0.717, 1.165) is 21.9 Å². The van der Waals surface area contributed by atoms with Crippen LogP contribution in [-0.2, 0) is 5.75 Å². The number of pyridine rings is 1. The molecule has 0 aromatic carbocycles. The number of azide groups is 1. The number of unbranched alkanes of at least 4 members (excludes halogenated alkanes) is 3. The van der Waals surface area contributed by atoms with Crippen LogP contribution in [0.3, 0.4) is 0 Å². The number of nitrogens with zero attached hydrogens (tertiary/aromatic N) is 6. The van der Waals surface area contributed by atoms with Gasteiger partial charge in [-0.05, 0) is 5.53 Å². The first kappa shape index (κ1) is 29.0. The van der Waals surface area contributed by atoms with Gasteiger partial charge in [0.15, 0.2) is 0 Å². The molecule has 0 aliphatic heterocycles. The van der Waals surface area contributed by atoms with Crippen LogP contribution >= 0.6 is 23.1 Å². The van der Waals surface area contributed by atoms with Crippen molar-refractivity contribution in [3.8, 4) is 0 Å². The third kappa shape index (κ3) is 7.49. The van der Waals surface area contributed by atoms with E-state index in [0.29, 0.717) is 17.8 Å². The normalized spacial score (nSPS) is 11.6. The zero-order valence-corrected chi connectivity index (χ0v) is 26.3. The molecule has 3 rings (SSSR count). The number of fused-ring (bicyclic) bond motifs is 1. The number of carbonyl (C=O) groups is 1. The SMILES string of the molecule is CCC[CH2][Sn]([CH2]CCC)([CH2]CCC)[c]1cn2cnc(C(=O)c3cncc(CSCCN=[N+]=[N-])c3)c2s1. The minimum absolute atomic E-state index is 0.0594. The van der Waals surface area contributed by atoms with Gasteiger partial charge in [0.1, 0.15) is 0 Å². The molecule has 0 bridgehead atoms. The molecule has 3 heterocycles. The monoisotopic (exact) mass is 634 g/mol. The van der Waals surface area contributed by atoms with Crippen LogP contribution in [0.5, 0.6) is 0 Å². The molecule has 3 aromatic rings. The molecule has 0 amide bonds. The Morgan fingerprint density at radius 3 is 2.47 bits per heavy atom. The number of thioether (sulfide) groups is 1. The molecule has 0 saturated heterocycles. The summed E-state index contributed by atoms with van der Waals surface area (Å²) in [4.78, 5) is 26.1. The van der Waals surface area contributed by atoms with Gasteiger partial charge in [0.25, 0.3) is 0 Å². The standard InChI is InChI=1S/C14H11N6OS2.3C4H9.Sn/c15-19-18-1-3-22-8-10-5-11(7-16-6-10)13(21)12-14-20(9-17-12)2-4-23-14;3*1-3-4-2;/h2,5-7,9H,1,3,8H2;3*1,3-4H2,2H3;. The van der Waals surface area contributed by atoms with Gasteiger partial charge in [-0.25, -0.2) is 0 Å². The second-order valence-corrected chi connectivity index (χ2v) is 25.7. The van der Waals surface area contributed by atoms with Crippen molar-refractivity contribution in [1.82, 2.24) is 14.4 Å².